The van der Waals surface area contributed by atoms with Gasteiger partial charge in [-0.25, -0.2) is 5.11 Å². The standard InChI is InChI=1S/C12H19O2/c1-8(13)14-12-5-9-2-10(6-12)4-11(3-9)7-12/h8-11H,2-7H2,1H3. The molecule has 0 amide bonds. The number of hydrogen-bond acceptors (Lipinski definition) is 1. The first kappa shape index (κ1) is 9.17. The van der Waals surface area contributed by atoms with Crippen LogP contribution in [0.3, 0.4) is 0 Å². The Morgan fingerprint density at radius 1 is 1.07 bits per heavy atom. The van der Waals surface area contributed by atoms with Crippen molar-refractivity contribution in [2.75, 3.05) is 0 Å². The molecule has 0 saturated heterocycles. The minimum Gasteiger partial charge on any atom is -0.343 e. The van der Waals surface area contributed by atoms with Gasteiger partial charge in [0.1, 0.15) is 0 Å². The average molecular weight is 195 g/mol. The Kier molecular flexibility index (Phi) is 1.94. The van der Waals surface area contributed by atoms with Crippen LogP contribution < -0.4 is 0 Å². The van der Waals surface area contributed by atoms with E-state index in [0.717, 1.165) is 17.8 Å². The van der Waals surface area contributed by atoms with Crippen LogP contribution in [0.15, 0.2) is 0 Å². The average Bonchev–Trinajstić information content (AvgIpc) is 1.96. The van der Waals surface area contributed by atoms with Crippen molar-refractivity contribution in [2.24, 2.45) is 17.8 Å². The molecular weight excluding hydrogens is 176 g/mol. The van der Waals surface area contributed by atoms with Crippen LogP contribution in [0.4, 0.5) is 0 Å². The molecule has 4 aliphatic rings. The second-order valence-electron chi connectivity index (χ2n) is 5.79. The van der Waals surface area contributed by atoms with Crippen LogP contribution in [0, 0.1) is 17.8 Å². The van der Waals surface area contributed by atoms with Crippen molar-refractivity contribution in [3.05, 3.63) is 0 Å². The minimum absolute atomic E-state index is 0.00984. The van der Waals surface area contributed by atoms with Gasteiger partial charge in [-0.3, -0.25) is 0 Å². The van der Waals surface area contributed by atoms with E-state index in [0.29, 0.717) is 0 Å². The molecule has 79 valence electrons. The Labute approximate surface area is 85.6 Å². The monoisotopic (exact) mass is 195 g/mol. The van der Waals surface area contributed by atoms with Crippen molar-refractivity contribution >= 4 is 0 Å². The summed E-state index contributed by atoms with van der Waals surface area (Å²) in [5.74, 6) is 2.62. The second-order valence-corrected chi connectivity index (χ2v) is 5.79. The second kappa shape index (κ2) is 2.96. The molecule has 0 spiro atoms. The molecule has 1 atom stereocenters. The summed E-state index contributed by atoms with van der Waals surface area (Å²) >= 11 is 0. The molecule has 0 heterocycles. The van der Waals surface area contributed by atoms with Crippen LogP contribution in [0.2, 0.25) is 0 Å². The fraction of sp³-hybridized carbons (Fsp3) is 1.00. The lowest BCUT2D eigenvalue weighted by Gasteiger charge is -2.56. The molecule has 4 saturated carbocycles. The summed E-state index contributed by atoms with van der Waals surface area (Å²) in [6.07, 6.45) is 6.93. The smallest absolute Gasteiger partial charge is 0.189 e. The molecule has 1 radical (unpaired) electrons. The fourth-order valence-electron chi connectivity index (χ4n) is 4.53. The van der Waals surface area contributed by atoms with E-state index < -0.39 is 6.29 Å². The Balaban J connectivity index is 1.80. The summed E-state index contributed by atoms with van der Waals surface area (Å²) in [6, 6.07) is 0. The van der Waals surface area contributed by atoms with Crippen molar-refractivity contribution in [3.63, 3.8) is 0 Å². The molecule has 14 heavy (non-hydrogen) atoms. The van der Waals surface area contributed by atoms with Crippen LogP contribution in [-0.2, 0) is 9.84 Å². The van der Waals surface area contributed by atoms with Gasteiger partial charge < -0.3 is 4.74 Å². The van der Waals surface area contributed by atoms with Crippen molar-refractivity contribution in [1.82, 2.24) is 0 Å². The first-order chi connectivity index (χ1) is 6.65. The highest BCUT2D eigenvalue weighted by Crippen LogP contribution is 2.57. The van der Waals surface area contributed by atoms with Crippen molar-refractivity contribution < 1.29 is 9.84 Å². The van der Waals surface area contributed by atoms with Gasteiger partial charge in [0.25, 0.3) is 0 Å². The highest BCUT2D eigenvalue weighted by Gasteiger charge is 2.52. The van der Waals surface area contributed by atoms with Crippen molar-refractivity contribution in [1.29, 1.82) is 0 Å². The number of ether oxygens (including phenoxy) is 1. The predicted octanol–water partition coefficient (Wildman–Crippen LogP) is 2.75. The lowest BCUT2D eigenvalue weighted by molar-refractivity contribution is -0.251. The maximum absolute atomic E-state index is 11.2. The summed E-state index contributed by atoms with van der Waals surface area (Å²) in [6.45, 7) is 1.64. The molecule has 0 aliphatic heterocycles. The van der Waals surface area contributed by atoms with Crippen LogP contribution in [0.25, 0.3) is 0 Å². The van der Waals surface area contributed by atoms with Crippen LogP contribution in [0.1, 0.15) is 45.4 Å². The first-order valence-corrected chi connectivity index (χ1v) is 5.99. The third-order valence-electron chi connectivity index (χ3n) is 4.40. The van der Waals surface area contributed by atoms with E-state index >= 15 is 0 Å². The lowest BCUT2D eigenvalue weighted by Crippen LogP contribution is -2.52. The molecule has 0 N–H and O–H groups in total. The van der Waals surface area contributed by atoms with Gasteiger partial charge in [-0.05, 0) is 63.2 Å². The summed E-state index contributed by atoms with van der Waals surface area (Å²) in [5.41, 5.74) is 0.00984. The topological polar surface area (TPSA) is 29.1 Å². The zero-order valence-corrected chi connectivity index (χ0v) is 8.87. The fourth-order valence-corrected chi connectivity index (χ4v) is 4.53. The van der Waals surface area contributed by atoms with Gasteiger partial charge in [0.2, 0.25) is 0 Å². The van der Waals surface area contributed by atoms with Gasteiger partial charge >= 0.3 is 0 Å². The van der Waals surface area contributed by atoms with E-state index in [2.05, 4.69) is 0 Å². The van der Waals surface area contributed by atoms with Crippen LogP contribution >= 0.6 is 0 Å². The number of rotatable bonds is 2. The summed E-state index contributed by atoms with van der Waals surface area (Å²) in [4.78, 5) is 0. The maximum atomic E-state index is 11.2. The largest absolute Gasteiger partial charge is 0.343 e. The third kappa shape index (κ3) is 1.40. The molecule has 0 aromatic rings. The van der Waals surface area contributed by atoms with Gasteiger partial charge in [-0.15, -0.1) is 0 Å². The zero-order chi connectivity index (χ0) is 9.76. The molecule has 4 rings (SSSR count). The Morgan fingerprint density at radius 2 is 1.50 bits per heavy atom. The molecule has 4 aliphatic carbocycles. The SMILES string of the molecule is CC([O])OC12CC3CC(CC(C3)C1)C2. The Morgan fingerprint density at radius 3 is 1.86 bits per heavy atom. The highest BCUT2D eigenvalue weighted by molar-refractivity contribution is 5.03. The Hall–Kier alpha value is -0.0800. The normalized spacial score (nSPS) is 52.3. The predicted molar refractivity (Wildman–Crippen MR) is 52.1 cm³/mol. The molecule has 4 fully saturated rings. The molecule has 1 unspecified atom stereocenters. The van der Waals surface area contributed by atoms with Crippen LogP contribution in [0.5, 0.6) is 0 Å². The summed E-state index contributed by atoms with van der Waals surface area (Å²) in [7, 11) is 0. The van der Waals surface area contributed by atoms with Gasteiger partial charge in [-0.1, -0.05) is 0 Å². The summed E-state index contributed by atoms with van der Waals surface area (Å²) < 4.78 is 5.69. The molecule has 0 aromatic heterocycles. The van der Waals surface area contributed by atoms with E-state index in [9.17, 15) is 5.11 Å². The molecule has 4 bridgehead atoms. The van der Waals surface area contributed by atoms with E-state index in [-0.39, 0.29) is 5.60 Å². The van der Waals surface area contributed by atoms with E-state index in [1.807, 2.05) is 0 Å². The van der Waals surface area contributed by atoms with Gasteiger partial charge in [0.15, 0.2) is 6.29 Å². The quantitative estimate of drug-likeness (QED) is 0.623. The lowest BCUT2D eigenvalue weighted by atomic mass is 9.54. The van der Waals surface area contributed by atoms with Gasteiger partial charge in [-0.2, -0.15) is 0 Å². The molecular formula is C12H19O2. The summed E-state index contributed by atoms with van der Waals surface area (Å²) in [5, 5.41) is 11.2. The highest BCUT2D eigenvalue weighted by atomic mass is 16.6. The first-order valence-electron chi connectivity index (χ1n) is 5.99. The van der Waals surface area contributed by atoms with Gasteiger partial charge in [0, 0.05) is 0 Å². The van der Waals surface area contributed by atoms with Crippen molar-refractivity contribution in [2.45, 2.75) is 57.3 Å². The molecule has 2 nitrogen and oxygen atoms in total. The van der Waals surface area contributed by atoms with E-state index in [1.54, 1.807) is 6.92 Å². The van der Waals surface area contributed by atoms with Gasteiger partial charge in [0.05, 0.1) is 5.60 Å². The Bertz CT molecular complexity index is 193. The number of hydrogen-bond donors (Lipinski definition) is 0. The molecule has 2 heteroatoms. The van der Waals surface area contributed by atoms with E-state index in [1.165, 1.54) is 38.5 Å². The third-order valence-corrected chi connectivity index (χ3v) is 4.40. The van der Waals surface area contributed by atoms with E-state index in [4.69, 9.17) is 4.74 Å². The maximum Gasteiger partial charge on any atom is 0.189 e. The zero-order valence-electron chi connectivity index (χ0n) is 8.87. The van der Waals surface area contributed by atoms with Crippen molar-refractivity contribution in [3.8, 4) is 0 Å². The molecule has 0 aromatic carbocycles. The minimum atomic E-state index is -0.828. The van der Waals surface area contributed by atoms with Crippen LogP contribution in [-0.4, -0.2) is 11.9 Å².